The van der Waals surface area contributed by atoms with Crippen molar-refractivity contribution in [2.45, 2.75) is 12.7 Å². The number of thiophene rings is 1. The van der Waals surface area contributed by atoms with Gasteiger partial charge in [-0.1, -0.05) is 0 Å². The molecule has 2 N–H and O–H groups in total. The minimum Gasteiger partial charge on any atom is -0.396 e. The fourth-order valence-electron chi connectivity index (χ4n) is 1.67. The van der Waals surface area contributed by atoms with Crippen LogP contribution in [0.5, 0.6) is 0 Å². The van der Waals surface area contributed by atoms with Crippen molar-refractivity contribution in [2.75, 3.05) is 17.7 Å². The number of aryl methyl sites for hydroxylation is 1. The lowest BCUT2D eigenvalue weighted by Crippen LogP contribution is -2.12. The Kier molecular flexibility index (Phi) is 5.58. The Morgan fingerprint density at radius 1 is 1.50 bits per heavy atom. The van der Waals surface area contributed by atoms with Crippen LogP contribution in [0.1, 0.15) is 20.8 Å². The van der Waals surface area contributed by atoms with Crippen LogP contribution in [-0.2, 0) is 5.75 Å². The Morgan fingerprint density at radius 3 is 3.05 bits per heavy atom. The molecule has 2 aromatic heterocycles. The van der Waals surface area contributed by atoms with Gasteiger partial charge < -0.3 is 10.4 Å². The molecular weight excluding hydrogens is 292 g/mol. The number of aliphatic hydroxyl groups excluding tert-OH is 1. The molecule has 0 aliphatic carbocycles. The summed E-state index contributed by atoms with van der Waals surface area (Å²) in [5, 5.41) is 13.5. The van der Waals surface area contributed by atoms with Crippen molar-refractivity contribution in [3.63, 3.8) is 0 Å². The number of nitrogens with one attached hydrogen (secondary N) is 1. The molecule has 0 saturated carbocycles. The summed E-state index contributed by atoms with van der Waals surface area (Å²) < 4.78 is 0. The fourth-order valence-corrected chi connectivity index (χ4v) is 3.17. The number of hydrogen-bond donors (Lipinski definition) is 2. The molecule has 0 atom stereocenters. The van der Waals surface area contributed by atoms with Crippen LogP contribution < -0.4 is 5.32 Å². The fraction of sp³-hybridized carbons (Fsp3) is 0.286. The van der Waals surface area contributed by atoms with Gasteiger partial charge >= 0.3 is 0 Å². The Morgan fingerprint density at radius 2 is 2.35 bits per heavy atom. The van der Waals surface area contributed by atoms with E-state index in [1.54, 1.807) is 18.0 Å². The minimum absolute atomic E-state index is 0.120. The predicted octanol–water partition coefficient (Wildman–Crippen LogP) is 2.93. The first-order valence-corrected chi connectivity index (χ1v) is 8.23. The topological polar surface area (TPSA) is 62.2 Å². The van der Waals surface area contributed by atoms with Gasteiger partial charge in [-0.2, -0.15) is 11.8 Å². The first kappa shape index (κ1) is 15.0. The Hall–Kier alpha value is -1.37. The summed E-state index contributed by atoms with van der Waals surface area (Å²) >= 11 is 3.07. The van der Waals surface area contributed by atoms with Gasteiger partial charge in [0.2, 0.25) is 0 Å². The van der Waals surface area contributed by atoms with Crippen LogP contribution in [0.3, 0.4) is 0 Å². The normalized spacial score (nSPS) is 10.5. The maximum absolute atomic E-state index is 12.1. The van der Waals surface area contributed by atoms with Gasteiger partial charge in [-0.05, 0) is 41.6 Å². The number of carbonyl (C=O) groups is 1. The highest BCUT2D eigenvalue weighted by Gasteiger charge is 2.11. The number of hydrogen-bond acceptors (Lipinski definition) is 5. The van der Waals surface area contributed by atoms with Crippen LogP contribution in [0.2, 0.25) is 0 Å². The molecule has 106 valence electrons. The smallest absolute Gasteiger partial charge is 0.267 e. The van der Waals surface area contributed by atoms with Crippen LogP contribution in [0.15, 0.2) is 29.8 Å². The van der Waals surface area contributed by atoms with Gasteiger partial charge in [0.1, 0.15) is 5.82 Å². The van der Waals surface area contributed by atoms with Crippen molar-refractivity contribution >= 4 is 34.8 Å². The second-order valence-corrected chi connectivity index (χ2v) is 6.23. The van der Waals surface area contributed by atoms with Crippen LogP contribution in [0.4, 0.5) is 5.82 Å². The van der Waals surface area contributed by atoms with E-state index in [1.807, 2.05) is 30.5 Å². The number of thioether (sulfide) groups is 1. The van der Waals surface area contributed by atoms with Gasteiger partial charge in [0.25, 0.3) is 5.91 Å². The van der Waals surface area contributed by atoms with Crippen LogP contribution in [0.25, 0.3) is 0 Å². The van der Waals surface area contributed by atoms with E-state index in [2.05, 4.69) is 10.3 Å². The lowest BCUT2D eigenvalue weighted by Gasteiger charge is -2.06. The number of rotatable bonds is 6. The summed E-state index contributed by atoms with van der Waals surface area (Å²) in [7, 11) is 0. The lowest BCUT2D eigenvalue weighted by molar-refractivity contribution is 0.102. The number of aromatic nitrogens is 1. The van der Waals surface area contributed by atoms with E-state index in [0.717, 1.165) is 16.9 Å². The SMILES string of the molecule is Cc1ccsc1C(=O)Nc1cc(CSCCO)ccn1. The number of pyridine rings is 1. The van der Waals surface area contributed by atoms with Crippen molar-refractivity contribution < 1.29 is 9.90 Å². The van der Waals surface area contributed by atoms with Gasteiger partial charge in [0.15, 0.2) is 0 Å². The molecular formula is C14H16N2O2S2. The number of amides is 1. The van der Waals surface area contributed by atoms with Crippen molar-refractivity contribution in [3.8, 4) is 0 Å². The first-order valence-electron chi connectivity index (χ1n) is 6.19. The van der Waals surface area contributed by atoms with Gasteiger partial charge in [0, 0.05) is 17.7 Å². The van der Waals surface area contributed by atoms with Crippen LogP contribution >= 0.6 is 23.1 Å². The molecule has 2 heterocycles. The van der Waals surface area contributed by atoms with Crippen molar-refractivity contribution in [1.29, 1.82) is 0 Å². The third-order valence-electron chi connectivity index (χ3n) is 2.64. The monoisotopic (exact) mass is 308 g/mol. The highest BCUT2D eigenvalue weighted by atomic mass is 32.2. The van der Waals surface area contributed by atoms with E-state index >= 15 is 0 Å². The second kappa shape index (κ2) is 7.42. The quantitative estimate of drug-likeness (QED) is 0.806. The van der Waals surface area contributed by atoms with Crippen molar-refractivity contribution in [1.82, 2.24) is 4.98 Å². The van der Waals surface area contributed by atoms with Gasteiger partial charge in [-0.15, -0.1) is 11.3 Å². The molecule has 0 saturated heterocycles. The molecule has 2 rings (SSSR count). The zero-order valence-electron chi connectivity index (χ0n) is 11.1. The third kappa shape index (κ3) is 4.06. The van der Waals surface area contributed by atoms with E-state index in [-0.39, 0.29) is 12.5 Å². The third-order valence-corrected chi connectivity index (χ3v) is 4.66. The second-order valence-electron chi connectivity index (χ2n) is 4.21. The van der Waals surface area contributed by atoms with E-state index in [4.69, 9.17) is 5.11 Å². The first-order chi connectivity index (χ1) is 9.70. The number of aliphatic hydroxyl groups is 1. The maximum atomic E-state index is 12.1. The Labute approximate surface area is 126 Å². The molecule has 0 spiro atoms. The summed E-state index contributed by atoms with van der Waals surface area (Å²) in [6, 6.07) is 5.70. The molecule has 0 aliphatic heterocycles. The van der Waals surface area contributed by atoms with Gasteiger partial charge in [-0.3, -0.25) is 4.79 Å². The van der Waals surface area contributed by atoms with E-state index in [0.29, 0.717) is 16.4 Å². The summed E-state index contributed by atoms with van der Waals surface area (Å²) in [4.78, 5) is 17.0. The maximum Gasteiger partial charge on any atom is 0.267 e. The standard InChI is InChI=1S/C14H16N2O2S2/c1-10-3-6-20-13(10)14(18)16-12-8-11(2-4-15-12)9-19-7-5-17/h2-4,6,8,17H,5,7,9H2,1H3,(H,15,16,18). The highest BCUT2D eigenvalue weighted by Crippen LogP contribution is 2.18. The minimum atomic E-state index is -0.120. The van der Waals surface area contributed by atoms with Gasteiger partial charge in [-0.25, -0.2) is 4.98 Å². The Bertz CT molecular complexity index is 584. The molecule has 0 fully saturated rings. The molecule has 0 aliphatic rings. The van der Waals surface area contributed by atoms with Crippen LogP contribution in [0, 0.1) is 6.92 Å². The molecule has 2 aromatic rings. The summed E-state index contributed by atoms with van der Waals surface area (Å²) in [6.45, 7) is 2.10. The highest BCUT2D eigenvalue weighted by molar-refractivity contribution is 7.98. The summed E-state index contributed by atoms with van der Waals surface area (Å²) in [6.07, 6.45) is 1.69. The van der Waals surface area contributed by atoms with Gasteiger partial charge in [0.05, 0.1) is 11.5 Å². The zero-order chi connectivity index (χ0) is 14.4. The molecule has 20 heavy (non-hydrogen) atoms. The molecule has 0 bridgehead atoms. The number of nitrogens with zero attached hydrogens (tertiary/aromatic N) is 1. The van der Waals surface area contributed by atoms with E-state index in [1.165, 1.54) is 11.3 Å². The molecule has 1 amide bonds. The lowest BCUT2D eigenvalue weighted by atomic mass is 10.2. The number of carbonyl (C=O) groups excluding carboxylic acids is 1. The van der Waals surface area contributed by atoms with Crippen molar-refractivity contribution in [3.05, 3.63) is 45.8 Å². The van der Waals surface area contributed by atoms with E-state index in [9.17, 15) is 4.79 Å². The Balaban J connectivity index is 2.01. The van der Waals surface area contributed by atoms with Crippen molar-refractivity contribution in [2.24, 2.45) is 0 Å². The average molecular weight is 308 g/mol. The average Bonchev–Trinajstić information content (AvgIpc) is 2.86. The zero-order valence-corrected chi connectivity index (χ0v) is 12.8. The number of anilines is 1. The summed E-state index contributed by atoms with van der Waals surface area (Å²) in [5.41, 5.74) is 2.05. The summed E-state index contributed by atoms with van der Waals surface area (Å²) in [5.74, 6) is 1.94. The van der Waals surface area contributed by atoms with Crippen LogP contribution in [-0.4, -0.2) is 28.4 Å². The molecule has 4 nitrogen and oxygen atoms in total. The molecule has 0 aromatic carbocycles. The molecule has 6 heteroatoms. The molecule has 0 unspecified atom stereocenters. The molecule has 0 radical (unpaired) electrons. The van der Waals surface area contributed by atoms with E-state index < -0.39 is 0 Å². The largest absolute Gasteiger partial charge is 0.396 e. The predicted molar refractivity (Wildman–Crippen MR) is 84.5 cm³/mol.